The number of hydrogen-bond acceptors (Lipinski definition) is 8. The number of halogens is 2. The molecule has 0 aliphatic carbocycles. The van der Waals surface area contributed by atoms with Crippen LogP contribution in [-0.2, 0) is 14.8 Å². The second-order valence-electron chi connectivity index (χ2n) is 10.6. The summed E-state index contributed by atoms with van der Waals surface area (Å²) in [6.45, 7) is 7.68. The Morgan fingerprint density at radius 3 is 2.49 bits per heavy atom. The number of pyridine rings is 1. The van der Waals surface area contributed by atoms with Crippen LogP contribution in [0.5, 0.6) is 0 Å². The molecule has 3 aromatic rings. The predicted octanol–water partition coefficient (Wildman–Crippen LogP) is 4.39. The highest BCUT2D eigenvalue weighted by Gasteiger charge is 2.26. The number of alkyl carbamates (subject to hydrolysis) is 1. The number of hydrogen-bond donors (Lipinski definition) is 2. The van der Waals surface area contributed by atoms with Gasteiger partial charge in [-0.2, -0.15) is 0 Å². The Labute approximate surface area is 226 Å². The third kappa shape index (κ3) is 6.95. The van der Waals surface area contributed by atoms with Gasteiger partial charge >= 0.3 is 6.09 Å². The molecule has 2 aromatic heterocycles. The standard InChI is InChI=1S/C26H32F2N6O4S/c1-15(31-25(35)38-26(2,3)4)18-6-9-29-23-19(18)12-16(13-20(23)27)22-21(28)14-30-24(33-22)32-17-7-10-34(11-8-17)39(5,36)37/h6,9,12-15,17H,7-8,10-11H2,1-5H3,(H,31,35)(H,30,32,33). The Morgan fingerprint density at radius 2 is 1.85 bits per heavy atom. The summed E-state index contributed by atoms with van der Waals surface area (Å²) >= 11 is 0. The molecule has 0 spiro atoms. The molecule has 10 nitrogen and oxygen atoms in total. The van der Waals surface area contributed by atoms with Crippen molar-refractivity contribution < 1.29 is 26.7 Å². The van der Waals surface area contributed by atoms with Gasteiger partial charge in [-0.1, -0.05) is 0 Å². The third-order valence-electron chi connectivity index (χ3n) is 6.31. The molecule has 0 bridgehead atoms. The van der Waals surface area contributed by atoms with Crippen molar-refractivity contribution in [2.24, 2.45) is 0 Å². The molecule has 4 rings (SSSR count). The van der Waals surface area contributed by atoms with Crippen molar-refractivity contribution in [1.82, 2.24) is 24.6 Å². The van der Waals surface area contributed by atoms with Crippen molar-refractivity contribution in [3.63, 3.8) is 0 Å². The SMILES string of the molecule is CC(NC(=O)OC(C)(C)C)c1ccnc2c(F)cc(-c3nc(NC4CCN(S(C)(=O)=O)CC4)ncc3F)cc12. The van der Waals surface area contributed by atoms with E-state index in [1.54, 1.807) is 39.8 Å². The van der Waals surface area contributed by atoms with E-state index in [9.17, 15) is 17.6 Å². The highest BCUT2D eigenvalue weighted by molar-refractivity contribution is 7.88. The van der Waals surface area contributed by atoms with Crippen LogP contribution in [-0.4, -0.2) is 64.8 Å². The van der Waals surface area contributed by atoms with Crippen molar-refractivity contribution >= 4 is 33.0 Å². The molecule has 210 valence electrons. The molecule has 1 unspecified atom stereocenters. The molecule has 2 N–H and O–H groups in total. The van der Waals surface area contributed by atoms with Gasteiger partial charge in [-0.3, -0.25) is 4.98 Å². The van der Waals surface area contributed by atoms with E-state index in [0.29, 0.717) is 36.9 Å². The molecule has 13 heteroatoms. The summed E-state index contributed by atoms with van der Waals surface area (Å²) in [5.41, 5.74) is 0.0132. The van der Waals surface area contributed by atoms with Crippen molar-refractivity contribution in [3.05, 3.63) is 47.8 Å². The van der Waals surface area contributed by atoms with E-state index in [0.717, 1.165) is 12.3 Å². The average molecular weight is 563 g/mol. The van der Waals surface area contributed by atoms with Gasteiger partial charge in [0, 0.05) is 36.3 Å². The number of benzene rings is 1. The van der Waals surface area contributed by atoms with Gasteiger partial charge in [0.15, 0.2) is 5.82 Å². The number of carbonyl (C=O) groups is 1. The van der Waals surface area contributed by atoms with Crippen LogP contribution in [0, 0.1) is 11.6 Å². The van der Waals surface area contributed by atoms with Gasteiger partial charge in [-0.15, -0.1) is 0 Å². The number of sulfonamides is 1. The molecule has 1 atom stereocenters. The number of nitrogens with one attached hydrogen (secondary N) is 2. The molecule has 1 aliphatic rings. The first-order chi connectivity index (χ1) is 18.2. The fourth-order valence-electron chi connectivity index (χ4n) is 4.46. The molecule has 1 aromatic carbocycles. The molecular formula is C26H32F2N6O4S. The molecule has 1 fully saturated rings. The second kappa shape index (κ2) is 11.0. The highest BCUT2D eigenvalue weighted by Crippen LogP contribution is 2.31. The zero-order valence-corrected chi connectivity index (χ0v) is 23.3. The zero-order chi connectivity index (χ0) is 28.5. The fraction of sp³-hybridized carbons (Fsp3) is 0.462. The zero-order valence-electron chi connectivity index (χ0n) is 22.5. The van der Waals surface area contributed by atoms with E-state index >= 15 is 4.39 Å². The Balaban J connectivity index is 1.61. The Bertz CT molecular complexity index is 1490. The third-order valence-corrected chi connectivity index (χ3v) is 7.61. The maximum Gasteiger partial charge on any atom is 0.408 e. The monoisotopic (exact) mass is 562 g/mol. The highest BCUT2D eigenvalue weighted by atomic mass is 32.2. The van der Waals surface area contributed by atoms with Gasteiger partial charge < -0.3 is 15.4 Å². The number of piperidine rings is 1. The summed E-state index contributed by atoms with van der Waals surface area (Å²) in [6.07, 6.45) is 4.06. The second-order valence-corrected chi connectivity index (χ2v) is 12.6. The Morgan fingerprint density at radius 1 is 1.15 bits per heavy atom. The van der Waals surface area contributed by atoms with E-state index < -0.39 is 39.4 Å². The van der Waals surface area contributed by atoms with Crippen LogP contribution >= 0.6 is 0 Å². The van der Waals surface area contributed by atoms with Gasteiger partial charge in [0.25, 0.3) is 0 Å². The van der Waals surface area contributed by atoms with E-state index in [1.165, 1.54) is 16.8 Å². The summed E-state index contributed by atoms with van der Waals surface area (Å²) in [7, 11) is -3.26. The van der Waals surface area contributed by atoms with Gasteiger partial charge in [0.1, 0.15) is 22.6 Å². The lowest BCUT2D eigenvalue weighted by molar-refractivity contribution is 0.0508. The Hall–Kier alpha value is -3.45. The molecule has 1 amide bonds. The number of fused-ring (bicyclic) bond motifs is 1. The van der Waals surface area contributed by atoms with Crippen molar-refractivity contribution in [1.29, 1.82) is 0 Å². The largest absolute Gasteiger partial charge is 0.444 e. The topological polar surface area (TPSA) is 126 Å². The van der Waals surface area contributed by atoms with Gasteiger partial charge in [0.2, 0.25) is 16.0 Å². The lowest BCUT2D eigenvalue weighted by atomic mass is 9.99. The minimum atomic E-state index is -3.26. The van der Waals surface area contributed by atoms with Crippen LogP contribution in [0.15, 0.2) is 30.6 Å². The lowest BCUT2D eigenvalue weighted by Gasteiger charge is -2.30. The van der Waals surface area contributed by atoms with Crippen molar-refractivity contribution in [2.45, 2.75) is 58.2 Å². The first kappa shape index (κ1) is 28.6. The summed E-state index contributed by atoms with van der Waals surface area (Å²) in [5.74, 6) is -1.26. The van der Waals surface area contributed by atoms with Crippen molar-refractivity contribution in [3.8, 4) is 11.3 Å². The van der Waals surface area contributed by atoms with Crippen LogP contribution in [0.1, 0.15) is 52.1 Å². The van der Waals surface area contributed by atoms with E-state index in [-0.39, 0.29) is 28.8 Å². The van der Waals surface area contributed by atoms with Crippen LogP contribution in [0.3, 0.4) is 0 Å². The molecule has 1 aliphatic heterocycles. The molecule has 1 saturated heterocycles. The number of amides is 1. The lowest BCUT2D eigenvalue weighted by Crippen LogP contribution is -2.42. The van der Waals surface area contributed by atoms with Crippen LogP contribution in [0.2, 0.25) is 0 Å². The minimum absolute atomic E-state index is 0.0690. The summed E-state index contributed by atoms with van der Waals surface area (Å²) in [4.78, 5) is 24.8. The molecule has 0 saturated carbocycles. The first-order valence-electron chi connectivity index (χ1n) is 12.5. The predicted molar refractivity (Wildman–Crippen MR) is 144 cm³/mol. The number of aromatic nitrogens is 3. The minimum Gasteiger partial charge on any atom is -0.444 e. The quantitative estimate of drug-likeness (QED) is 0.453. The maximum absolute atomic E-state index is 15.2. The van der Waals surface area contributed by atoms with Gasteiger partial charge in [-0.25, -0.2) is 36.3 Å². The number of ether oxygens (including phenoxy) is 1. The maximum atomic E-state index is 15.2. The smallest absolute Gasteiger partial charge is 0.408 e. The van der Waals surface area contributed by atoms with Gasteiger partial charge in [0.05, 0.1) is 18.5 Å². The number of nitrogens with zero attached hydrogens (tertiary/aromatic N) is 4. The number of carbonyl (C=O) groups excluding carboxylic acids is 1. The van der Waals surface area contributed by atoms with E-state index in [4.69, 9.17) is 4.74 Å². The van der Waals surface area contributed by atoms with Crippen molar-refractivity contribution in [2.75, 3.05) is 24.7 Å². The summed E-state index contributed by atoms with van der Waals surface area (Å²) < 4.78 is 60.3. The van der Waals surface area contributed by atoms with Crippen LogP contribution in [0.4, 0.5) is 19.5 Å². The fourth-order valence-corrected chi connectivity index (χ4v) is 5.34. The molecular weight excluding hydrogens is 530 g/mol. The summed E-state index contributed by atoms with van der Waals surface area (Å²) in [5, 5.41) is 6.26. The van der Waals surface area contributed by atoms with E-state index in [1.807, 2.05) is 0 Å². The molecule has 39 heavy (non-hydrogen) atoms. The van der Waals surface area contributed by atoms with E-state index in [2.05, 4.69) is 25.6 Å². The average Bonchev–Trinajstić information content (AvgIpc) is 2.83. The molecule has 3 heterocycles. The van der Waals surface area contributed by atoms with Crippen LogP contribution in [0.25, 0.3) is 22.2 Å². The normalized spacial score (nSPS) is 16.2. The number of anilines is 1. The Kier molecular flexibility index (Phi) is 8.03. The van der Waals surface area contributed by atoms with Crippen LogP contribution < -0.4 is 10.6 Å². The first-order valence-corrected chi connectivity index (χ1v) is 14.4. The molecule has 0 radical (unpaired) electrons. The number of rotatable bonds is 6. The summed E-state index contributed by atoms with van der Waals surface area (Å²) in [6, 6.07) is 3.72. The van der Waals surface area contributed by atoms with Gasteiger partial charge in [-0.05, 0) is 64.3 Å².